The van der Waals surface area contributed by atoms with E-state index in [1.165, 1.54) is 0 Å². The fourth-order valence-electron chi connectivity index (χ4n) is 2.48. The molecule has 5 nitrogen and oxygen atoms in total. The number of fused-ring (bicyclic) bond motifs is 1. The highest BCUT2D eigenvalue weighted by molar-refractivity contribution is 6.02. The standard InChI is InChI=1S/C14H20N2O3/c1-5-19-13(18)11-9-6-7-14(3,4)16-12(17)10(9)8(2)15-11/h15H,5-7H2,1-4H3,(H,16,17). The van der Waals surface area contributed by atoms with Crippen molar-refractivity contribution in [1.82, 2.24) is 10.3 Å². The van der Waals surface area contributed by atoms with Crippen LogP contribution in [0.3, 0.4) is 0 Å². The molecule has 104 valence electrons. The maximum absolute atomic E-state index is 12.3. The molecule has 1 aromatic heterocycles. The van der Waals surface area contributed by atoms with E-state index in [2.05, 4.69) is 10.3 Å². The van der Waals surface area contributed by atoms with Crippen LogP contribution in [0.5, 0.6) is 0 Å². The number of ether oxygens (including phenoxy) is 1. The molecule has 0 aromatic carbocycles. The summed E-state index contributed by atoms with van der Waals surface area (Å²) in [5.74, 6) is -0.513. The van der Waals surface area contributed by atoms with Crippen molar-refractivity contribution in [3.05, 3.63) is 22.5 Å². The predicted molar refractivity (Wildman–Crippen MR) is 71.4 cm³/mol. The van der Waals surface area contributed by atoms with Gasteiger partial charge < -0.3 is 15.0 Å². The second-order valence-corrected chi connectivity index (χ2v) is 5.54. The lowest BCUT2D eigenvalue weighted by Crippen LogP contribution is -2.42. The Morgan fingerprint density at radius 3 is 2.74 bits per heavy atom. The van der Waals surface area contributed by atoms with Gasteiger partial charge in [0, 0.05) is 11.2 Å². The van der Waals surface area contributed by atoms with Gasteiger partial charge in [-0.2, -0.15) is 0 Å². The highest BCUT2D eigenvalue weighted by Gasteiger charge is 2.32. The zero-order valence-corrected chi connectivity index (χ0v) is 11.8. The van der Waals surface area contributed by atoms with Gasteiger partial charge in [0.1, 0.15) is 5.69 Å². The summed E-state index contributed by atoms with van der Waals surface area (Å²) >= 11 is 0. The van der Waals surface area contributed by atoms with Gasteiger partial charge >= 0.3 is 5.97 Å². The number of aryl methyl sites for hydroxylation is 1. The number of carbonyl (C=O) groups excluding carboxylic acids is 2. The van der Waals surface area contributed by atoms with Gasteiger partial charge in [-0.15, -0.1) is 0 Å². The van der Waals surface area contributed by atoms with Crippen molar-refractivity contribution in [2.24, 2.45) is 0 Å². The number of esters is 1. The molecule has 5 heteroatoms. The van der Waals surface area contributed by atoms with Crippen molar-refractivity contribution < 1.29 is 14.3 Å². The van der Waals surface area contributed by atoms with E-state index in [1.54, 1.807) is 13.8 Å². The number of H-pyrrole nitrogens is 1. The Labute approximate surface area is 112 Å². The van der Waals surface area contributed by atoms with Gasteiger partial charge in [-0.3, -0.25) is 4.79 Å². The van der Waals surface area contributed by atoms with E-state index in [9.17, 15) is 9.59 Å². The average molecular weight is 264 g/mol. The molecule has 19 heavy (non-hydrogen) atoms. The van der Waals surface area contributed by atoms with Crippen LogP contribution in [-0.4, -0.2) is 29.0 Å². The number of carbonyl (C=O) groups is 2. The summed E-state index contributed by atoms with van der Waals surface area (Å²) in [6.07, 6.45) is 1.47. The Morgan fingerprint density at radius 1 is 1.42 bits per heavy atom. The first-order chi connectivity index (χ1) is 8.85. The molecule has 0 fully saturated rings. The Morgan fingerprint density at radius 2 is 2.11 bits per heavy atom. The van der Waals surface area contributed by atoms with E-state index >= 15 is 0 Å². The maximum atomic E-state index is 12.3. The number of amides is 1. The summed E-state index contributed by atoms with van der Waals surface area (Å²) in [6, 6.07) is 0. The Kier molecular flexibility index (Phi) is 3.39. The van der Waals surface area contributed by atoms with Crippen molar-refractivity contribution in [2.45, 2.75) is 46.1 Å². The summed E-state index contributed by atoms with van der Waals surface area (Å²) in [7, 11) is 0. The molecule has 0 atom stereocenters. The number of rotatable bonds is 2. The van der Waals surface area contributed by atoms with Crippen LogP contribution in [0, 0.1) is 6.92 Å². The number of hydrogen-bond acceptors (Lipinski definition) is 3. The molecule has 1 aliphatic rings. The highest BCUT2D eigenvalue weighted by Crippen LogP contribution is 2.27. The van der Waals surface area contributed by atoms with Gasteiger partial charge in [-0.25, -0.2) is 4.79 Å². The predicted octanol–water partition coefficient (Wildman–Crippen LogP) is 1.95. The molecule has 2 rings (SSSR count). The summed E-state index contributed by atoms with van der Waals surface area (Å²) in [6.45, 7) is 7.87. The van der Waals surface area contributed by atoms with Crippen LogP contribution in [0.2, 0.25) is 0 Å². The molecule has 0 bridgehead atoms. The van der Waals surface area contributed by atoms with E-state index in [-0.39, 0.29) is 17.4 Å². The normalized spacial score (nSPS) is 17.4. The van der Waals surface area contributed by atoms with E-state index in [0.717, 1.165) is 12.0 Å². The third kappa shape index (κ3) is 2.50. The Bertz CT molecular complexity index is 529. The largest absolute Gasteiger partial charge is 0.461 e. The molecular formula is C14H20N2O3. The van der Waals surface area contributed by atoms with Crippen LogP contribution in [0.15, 0.2) is 0 Å². The first-order valence-electron chi connectivity index (χ1n) is 6.57. The van der Waals surface area contributed by atoms with Crippen molar-refractivity contribution in [3.63, 3.8) is 0 Å². The molecule has 0 saturated heterocycles. The lowest BCUT2D eigenvalue weighted by molar-refractivity contribution is 0.0518. The Balaban J connectivity index is 2.46. The third-order valence-corrected chi connectivity index (χ3v) is 3.45. The third-order valence-electron chi connectivity index (χ3n) is 3.45. The first kappa shape index (κ1) is 13.6. The second-order valence-electron chi connectivity index (χ2n) is 5.54. The quantitative estimate of drug-likeness (QED) is 0.802. The molecule has 1 aromatic rings. The molecule has 0 saturated carbocycles. The van der Waals surface area contributed by atoms with Crippen LogP contribution in [0.1, 0.15) is 59.3 Å². The van der Waals surface area contributed by atoms with Crippen LogP contribution in [0.25, 0.3) is 0 Å². The minimum Gasteiger partial charge on any atom is -0.461 e. The second kappa shape index (κ2) is 4.72. The summed E-state index contributed by atoms with van der Waals surface area (Å²) in [5.41, 5.74) is 2.24. The molecule has 1 aliphatic heterocycles. The molecule has 0 unspecified atom stereocenters. The molecule has 0 spiro atoms. The maximum Gasteiger partial charge on any atom is 0.355 e. The lowest BCUT2D eigenvalue weighted by atomic mass is 9.96. The zero-order chi connectivity index (χ0) is 14.2. The Hall–Kier alpha value is -1.78. The number of hydrogen-bond donors (Lipinski definition) is 2. The van der Waals surface area contributed by atoms with Gasteiger partial charge in [-0.05, 0) is 46.1 Å². The van der Waals surface area contributed by atoms with Crippen molar-refractivity contribution in [2.75, 3.05) is 6.61 Å². The molecular weight excluding hydrogens is 244 g/mol. The highest BCUT2D eigenvalue weighted by atomic mass is 16.5. The number of nitrogens with one attached hydrogen (secondary N) is 2. The monoisotopic (exact) mass is 264 g/mol. The fraction of sp³-hybridized carbons (Fsp3) is 0.571. The van der Waals surface area contributed by atoms with Gasteiger partial charge in [0.05, 0.1) is 12.2 Å². The fourth-order valence-corrected chi connectivity index (χ4v) is 2.48. The van der Waals surface area contributed by atoms with Crippen LogP contribution >= 0.6 is 0 Å². The molecule has 1 amide bonds. The first-order valence-corrected chi connectivity index (χ1v) is 6.57. The molecule has 0 radical (unpaired) electrons. The minimum atomic E-state index is -0.389. The van der Waals surface area contributed by atoms with Crippen LogP contribution in [0.4, 0.5) is 0 Å². The number of aromatic nitrogens is 1. The summed E-state index contributed by atoms with van der Waals surface area (Å²) in [5, 5.41) is 2.99. The SMILES string of the molecule is CCOC(=O)c1[nH]c(C)c2c1CCC(C)(C)NC2=O. The lowest BCUT2D eigenvalue weighted by Gasteiger charge is -2.23. The van der Waals surface area contributed by atoms with E-state index in [4.69, 9.17) is 4.74 Å². The van der Waals surface area contributed by atoms with Crippen LogP contribution < -0.4 is 5.32 Å². The van der Waals surface area contributed by atoms with Gasteiger partial charge in [-0.1, -0.05) is 0 Å². The number of aromatic amines is 1. The van der Waals surface area contributed by atoms with E-state index in [0.29, 0.717) is 30.0 Å². The average Bonchev–Trinajstić information content (AvgIpc) is 2.57. The van der Waals surface area contributed by atoms with Gasteiger partial charge in [0.2, 0.25) is 0 Å². The summed E-state index contributed by atoms with van der Waals surface area (Å²) in [4.78, 5) is 27.2. The van der Waals surface area contributed by atoms with E-state index < -0.39 is 0 Å². The van der Waals surface area contributed by atoms with Gasteiger partial charge in [0.25, 0.3) is 5.91 Å². The van der Waals surface area contributed by atoms with Crippen molar-refractivity contribution in [1.29, 1.82) is 0 Å². The smallest absolute Gasteiger partial charge is 0.355 e. The molecule has 0 aliphatic carbocycles. The van der Waals surface area contributed by atoms with Crippen molar-refractivity contribution in [3.8, 4) is 0 Å². The summed E-state index contributed by atoms with van der Waals surface area (Å²) < 4.78 is 5.03. The van der Waals surface area contributed by atoms with Gasteiger partial charge in [0.15, 0.2) is 0 Å². The molecule has 2 heterocycles. The van der Waals surface area contributed by atoms with Crippen molar-refractivity contribution >= 4 is 11.9 Å². The van der Waals surface area contributed by atoms with Crippen LogP contribution in [-0.2, 0) is 11.2 Å². The molecule has 2 N–H and O–H groups in total. The zero-order valence-electron chi connectivity index (χ0n) is 11.8. The topological polar surface area (TPSA) is 71.2 Å². The van der Waals surface area contributed by atoms with E-state index in [1.807, 2.05) is 13.8 Å². The minimum absolute atomic E-state index is 0.123.